The molecule has 1 amide bonds. The van der Waals surface area contributed by atoms with Crippen LogP contribution in [0.4, 0.5) is 10.5 Å². The molecule has 3 aromatic rings. The minimum atomic E-state index is -0.581. The largest absolute Gasteiger partial charge is 0.488 e. The van der Waals surface area contributed by atoms with Crippen LogP contribution in [0.3, 0.4) is 0 Å². The molecule has 4 nitrogen and oxygen atoms in total. The highest BCUT2D eigenvalue weighted by Crippen LogP contribution is 2.38. The SMILES string of the molecule is C=CCCCN(C(=O)OC(C)(C)C)c1cc(OCc2ccccc2)c2ccccc2c1I. The summed E-state index contributed by atoms with van der Waals surface area (Å²) < 4.78 is 13.0. The summed E-state index contributed by atoms with van der Waals surface area (Å²) in [6.45, 7) is 10.4. The van der Waals surface area contributed by atoms with Gasteiger partial charge in [-0.15, -0.1) is 6.58 Å². The predicted molar refractivity (Wildman–Crippen MR) is 140 cm³/mol. The number of anilines is 1. The smallest absolute Gasteiger partial charge is 0.414 e. The second-order valence-corrected chi connectivity index (χ2v) is 9.67. The monoisotopic (exact) mass is 543 g/mol. The number of hydrogen-bond donors (Lipinski definition) is 0. The quantitative estimate of drug-likeness (QED) is 0.166. The van der Waals surface area contributed by atoms with Gasteiger partial charge in [-0.3, -0.25) is 4.90 Å². The number of fused-ring (bicyclic) bond motifs is 1. The molecule has 0 heterocycles. The minimum absolute atomic E-state index is 0.358. The first-order valence-corrected chi connectivity index (χ1v) is 11.9. The number of nitrogens with zero attached hydrogens (tertiary/aromatic N) is 1. The fourth-order valence-electron chi connectivity index (χ4n) is 3.36. The lowest BCUT2D eigenvalue weighted by Gasteiger charge is -2.29. The number of allylic oxidation sites excluding steroid dienone is 1. The molecule has 0 aliphatic heterocycles. The van der Waals surface area contributed by atoms with Gasteiger partial charge in [-0.2, -0.15) is 0 Å². The standard InChI is InChI=1S/C27H30INO3/c1-5-6-12-17-29(26(30)32-27(2,3)4)23-18-24(31-19-20-13-8-7-9-14-20)21-15-10-11-16-22(21)25(23)28/h5,7-11,13-16,18H,1,6,12,17,19H2,2-4H3. The number of unbranched alkanes of at least 4 members (excludes halogenated alkanes) is 1. The minimum Gasteiger partial charge on any atom is -0.488 e. The lowest BCUT2D eigenvalue weighted by Crippen LogP contribution is -2.38. The number of benzene rings is 3. The summed E-state index contributed by atoms with van der Waals surface area (Å²) in [4.78, 5) is 14.9. The zero-order valence-corrected chi connectivity index (χ0v) is 21.1. The average Bonchev–Trinajstić information content (AvgIpc) is 2.76. The van der Waals surface area contributed by atoms with Crippen LogP contribution in [0.25, 0.3) is 10.8 Å². The Hall–Kier alpha value is -2.54. The van der Waals surface area contributed by atoms with Crippen LogP contribution in [0.15, 0.2) is 73.3 Å². The van der Waals surface area contributed by atoms with Crippen molar-refractivity contribution in [3.8, 4) is 5.75 Å². The maximum absolute atomic E-state index is 13.2. The van der Waals surface area contributed by atoms with E-state index in [1.807, 2.05) is 75.4 Å². The number of halogens is 1. The van der Waals surface area contributed by atoms with Crippen LogP contribution in [0.2, 0.25) is 0 Å². The average molecular weight is 543 g/mol. The van der Waals surface area contributed by atoms with Crippen LogP contribution < -0.4 is 9.64 Å². The van der Waals surface area contributed by atoms with Crippen molar-refractivity contribution in [3.05, 3.63) is 82.5 Å². The fourth-order valence-corrected chi connectivity index (χ4v) is 4.28. The molecule has 0 aliphatic carbocycles. The Bertz CT molecular complexity index is 1070. The summed E-state index contributed by atoms with van der Waals surface area (Å²) in [6, 6.07) is 20.2. The maximum atomic E-state index is 13.2. The van der Waals surface area contributed by atoms with E-state index in [2.05, 4.69) is 41.3 Å². The Morgan fingerprint density at radius 1 is 1.06 bits per heavy atom. The van der Waals surface area contributed by atoms with Gasteiger partial charge in [-0.25, -0.2) is 4.79 Å². The molecule has 0 radical (unpaired) electrons. The Labute approximate surface area is 204 Å². The zero-order valence-electron chi connectivity index (χ0n) is 18.9. The van der Waals surface area contributed by atoms with Crippen molar-refractivity contribution in [1.82, 2.24) is 0 Å². The van der Waals surface area contributed by atoms with E-state index in [1.54, 1.807) is 4.90 Å². The first kappa shape index (κ1) is 24.1. The van der Waals surface area contributed by atoms with Gasteiger partial charge >= 0.3 is 6.09 Å². The van der Waals surface area contributed by atoms with E-state index < -0.39 is 5.60 Å². The highest BCUT2D eigenvalue weighted by molar-refractivity contribution is 14.1. The van der Waals surface area contributed by atoms with Crippen molar-refractivity contribution in [1.29, 1.82) is 0 Å². The van der Waals surface area contributed by atoms with Crippen molar-refractivity contribution in [2.45, 2.75) is 45.8 Å². The van der Waals surface area contributed by atoms with Gasteiger partial charge in [0.25, 0.3) is 0 Å². The molecule has 0 saturated heterocycles. The normalized spacial score (nSPS) is 11.2. The van der Waals surface area contributed by atoms with Crippen LogP contribution in [-0.4, -0.2) is 18.2 Å². The topological polar surface area (TPSA) is 38.8 Å². The fraction of sp³-hybridized carbons (Fsp3) is 0.296. The maximum Gasteiger partial charge on any atom is 0.414 e. The molecule has 0 aliphatic rings. The van der Waals surface area contributed by atoms with E-state index in [9.17, 15) is 4.79 Å². The van der Waals surface area contributed by atoms with E-state index in [0.29, 0.717) is 13.2 Å². The van der Waals surface area contributed by atoms with Gasteiger partial charge in [-0.05, 0) is 61.8 Å². The number of carbonyl (C=O) groups is 1. The third-order valence-electron chi connectivity index (χ3n) is 4.85. The van der Waals surface area contributed by atoms with Gasteiger partial charge in [0.1, 0.15) is 18.0 Å². The number of carbonyl (C=O) groups excluding carboxylic acids is 1. The van der Waals surface area contributed by atoms with E-state index >= 15 is 0 Å². The molecule has 0 fully saturated rings. The molecular weight excluding hydrogens is 513 g/mol. The van der Waals surface area contributed by atoms with Gasteiger partial charge in [0.2, 0.25) is 0 Å². The van der Waals surface area contributed by atoms with E-state index in [1.165, 1.54) is 0 Å². The Kier molecular flexibility index (Phi) is 8.18. The summed E-state index contributed by atoms with van der Waals surface area (Å²) in [5.74, 6) is 0.747. The van der Waals surface area contributed by atoms with Gasteiger partial charge in [0.05, 0.1) is 5.69 Å². The molecule has 0 atom stereocenters. The van der Waals surface area contributed by atoms with Crippen LogP contribution in [0.1, 0.15) is 39.2 Å². The highest BCUT2D eigenvalue weighted by atomic mass is 127. The van der Waals surface area contributed by atoms with Crippen molar-refractivity contribution < 1.29 is 14.3 Å². The van der Waals surface area contributed by atoms with Crippen LogP contribution in [0.5, 0.6) is 5.75 Å². The van der Waals surface area contributed by atoms with E-state index in [-0.39, 0.29) is 6.09 Å². The molecule has 3 rings (SSSR count). The zero-order chi connectivity index (χ0) is 23.1. The van der Waals surface area contributed by atoms with Crippen molar-refractivity contribution in [3.63, 3.8) is 0 Å². The van der Waals surface area contributed by atoms with Crippen molar-refractivity contribution >= 4 is 45.1 Å². The third kappa shape index (κ3) is 6.25. The van der Waals surface area contributed by atoms with Crippen LogP contribution >= 0.6 is 22.6 Å². The number of hydrogen-bond acceptors (Lipinski definition) is 3. The molecule has 0 bridgehead atoms. The lowest BCUT2D eigenvalue weighted by atomic mass is 10.1. The molecule has 0 unspecified atom stereocenters. The Morgan fingerprint density at radius 2 is 1.72 bits per heavy atom. The molecule has 5 heteroatoms. The second kappa shape index (κ2) is 10.9. The third-order valence-corrected chi connectivity index (χ3v) is 5.99. The molecular formula is C27H30INO3. The Balaban J connectivity index is 2.03. The summed E-state index contributed by atoms with van der Waals surface area (Å²) in [7, 11) is 0. The summed E-state index contributed by atoms with van der Waals surface area (Å²) >= 11 is 2.32. The lowest BCUT2D eigenvalue weighted by molar-refractivity contribution is 0.0580. The summed E-state index contributed by atoms with van der Waals surface area (Å²) in [6.07, 6.45) is 3.13. The van der Waals surface area contributed by atoms with Gasteiger partial charge in [-0.1, -0.05) is 60.7 Å². The molecule has 0 aromatic heterocycles. The van der Waals surface area contributed by atoms with Gasteiger partial charge in [0, 0.05) is 27.0 Å². The summed E-state index contributed by atoms with van der Waals surface area (Å²) in [5, 5.41) is 2.07. The number of amides is 1. The Morgan fingerprint density at radius 3 is 2.38 bits per heavy atom. The molecule has 0 spiro atoms. The summed E-state index contributed by atoms with van der Waals surface area (Å²) in [5.41, 5.74) is 1.31. The number of ether oxygens (including phenoxy) is 2. The van der Waals surface area contributed by atoms with Crippen LogP contribution in [0, 0.1) is 3.57 Å². The molecule has 0 N–H and O–H groups in total. The first-order valence-electron chi connectivity index (χ1n) is 10.8. The molecule has 0 saturated carbocycles. The van der Waals surface area contributed by atoms with E-state index in [0.717, 1.165) is 44.2 Å². The number of rotatable bonds is 8. The van der Waals surface area contributed by atoms with Gasteiger partial charge < -0.3 is 9.47 Å². The van der Waals surface area contributed by atoms with E-state index in [4.69, 9.17) is 9.47 Å². The van der Waals surface area contributed by atoms with Crippen molar-refractivity contribution in [2.24, 2.45) is 0 Å². The van der Waals surface area contributed by atoms with Crippen molar-refractivity contribution in [2.75, 3.05) is 11.4 Å². The predicted octanol–water partition coefficient (Wildman–Crippen LogP) is 7.73. The molecule has 168 valence electrons. The molecule has 32 heavy (non-hydrogen) atoms. The first-order chi connectivity index (χ1) is 15.3. The van der Waals surface area contributed by atoms with Crippen LogP contribution in [-0.2, 0) is 11.3 Å². The molecule has 3 aromatic carbocycles. The second-order valence-electron chi connectivity index (χ2n) is 8.59. The highest BCUT2D eigenvalue weighted by Gasteiger charge is 2.26. The van der Waals surface area contributed by atoms with Gasteiger partial charge in [0.15, 0.2) is 0 Å².